The first kappa shape index (κ1) is 17.8. The summed E-state index contributed by atoms with van der Waals surface area (Å²) >= 11 is 1.06. The lowest BCUT2D eigenvalue weighted by atomic mass is 10.0. The van der Waals surface area contributed by atoms with E-state index in [1.165, 1.54) is 4.90 Å². The SMILES string of the molecule is Cn1nc(-c2ccccc2)cc1C(=O)N1CCC(N2C(=O)CSC2=O)CC1. The molecule has 8 heteroatoms. The summed E-state index contributed by atoms with van der Waals surface area (Å²) in [6, 6.07) is 11.5. The topological polar surface area (TPSA) is 75.5 Å². The van der Waals surface area contributed by atoms with Crippen LogP contribution in [0.15, 0.2) is 36.4 Å². The number of nitrogens with zero attached hydrogens (tertiary/aromatic N) is 4. The Morgan fingerprint density at radius 1 is 1.15 bits per heavy atom. The van der Waals surface area contributed by atoms with Crippen molar-refractivity contribution in [2.24, 2.45) is 7.05 Å². The monoisotopic (exact) mass is 384 g/mol. The van der Waals surface area contributed by atoms with E-state index in [4.69, 9.17) is 0 Å². The molecular formula is C19H20N4O3S. The van der Waals surface area contributed by atoms with Crippen LogP contribution in [-0.4, -0.2) is 61.5 Å². The summed E-state index contributed by atoms with van der Waals surface area (Å²) in [5.74, 6) is 0.0444. The molecule has 2 aromatic rings. The Balaban J connectivity index is 1.45. The van der Waals surface area contributed by atoms with Gasteiger partial charge in [-0.25, -0.2) is 0 Å². The second-order valence-electron chi connectivity index (χ2n) is 6.75. The first-order valence-electron chi connectivity index (χ1n) is 8.92. The number of likely N-dealkylation sites (tertiary alicyclic amines) is 1. The Bertz CT molecular complexity index is 872. The molecule has 0 atom stereocenters. The van der Waals surface area contributed by atoms with Crippen molar-refractivity contribution in [3.05, 3.63) is 42.1 Å². The van der Waals surface area contributed by atoms with Crippen LogP contribution in [0.3, 0.4) is 0 Å². The van der Waals surface area contributed by atoms with E-state index in [-0.39, 0.29) is 28.8 Å². The first-order chi connectivity index (χ1) is 13.0. The Labute approximate surface area is 161 Å². The molecule has 0 spiro atoms. The Hall–Kier alpha value is -2.61. The average molecular weight is 384 g/mol. The summed E-state index contributed by atoms with van der Waals surface area (Å²) in [6.07, 6.45) is 1.24. The third-order valence-corrected chi connectivity index (χ3v) is 5.90. The van der Waals surface area contributed by atoms with Gasteiger partial charge in [0.15, 0.2) is 0 Å². The molecule has 2 fully saturated rings. The number of carbonyl (C=O) groups excluding carboxylic acids is 3. The number of rotatable bonds is 3. The number of benzene rings is 1. The van der Waals surface area contributed by atoms with Crippen molar-refractivity contribution in [3.8, 4) is 11.3 Å². The predicted molar refractivity (Wildman–Crippen MR) is 102 cm³/mol. The van der Waals surface area contributed by atoms with Gasteiger partial charge in [-0.1, -0.05) is 42.1 Å². The molecule has 0 N–H and O–H groups in total. The summed E-state index contributed by atoms with van der Waals surface area (Å²) in [5.41, 5.74) is 2.27. The van der Waals surface area contributed by atoms with Crippen LogP contribution in [0.25, 0.3) is 11.3 Å². The minimum absolute atomic E-state index is 0.0703. The zero-order chi connectivity index (χ0) is 19.0. The van der Waals surface area contributed by atoms with Gasteiger partial charge in [0.2, 0.25) is 5.91 Å². The molecule has 3 amide bonds. The lowest BCUT2D eigenvalue weighted by molar-refractivity contribution is -0.126. The van der Waals surface area contributed by atoms with Crippen LogP contribution in [0.5, 0.6) is 0 Å². The fourth-order valence-corrected chi connectivity index (χ4v) is 4.40. The Morgan fingerprint density at radius 2 is 1.85 bits per heavy atom. The summed E-state index contributed by atoms with van der Waals surface area (Å²) in [4.78, 5) is 39.9. The summed E-state index contributed by atoms with van der Waals surface area (Å²) in [5, 5.41) is 4.30. The fraction of sp³-hybridized carbons (Fsp3) is 0.368. The van der Waals surface area contributed by atoms with E-state index in [1.807, 2.05) is 36.4 Å². The molecule has 1 aromatic carbocycles. The molecule has 0 bridgehead atoms. The first-order valence-corrected chi connectivity index (χ1v) is 9.90. The summed E-state index contributed by atoms with van der Waals surface area (Å²) < 4.78 is 1.61. The second-order valence-corrected chi connectivity index (χ2v) is 7.67. The molecule has 140 valence electrons. The molecule has 7 nitrogen and oxygen atoms in total. The van der Waals surface area contributed by atoms with E-state index in [2.05, 4.69) is 5.10 Å². The van der Waals surface area contributed by atoms with E-state index in [1.54, 1.807) is 16.6 Å². The maximum absolute atomic E-state index is 12.9. The van der Waals surface area contributed by atoms with Crippen molar-refractivity contribution in [2.75, 3.05) is 18.8 Å². The molecule has 0 radical (unpaired) electrons. The van der Waals surface area contributed by atoms with Crippen LogP contribution in [0, 0.1) is 0 Å². The molecule has 3 heterocycles. The number of amides is 3. The van der Waals surface area contributed by atoms with Gasteiger partial charge in [0, 0.05) is 31.7 Å². The molecule has 2 aliphatic rings. The van der Waals surface area contributed by atoms with Crippen molar-refractivity contribution < 1.29 is 14.4 Å². The standard InChI is InChI=1S/C19H20N4O3S/c1-21-16(11-15(20-21)13-5-3-2-4-6-13)18(25)22-9-7-14(8-10-22)23-17(24)12-27-19(23)26/h2-6,11,14H,7-10,12H2,1H3. The average Bonchev–Trinajstić information content (AvgIpc) is 3.24. The fourth-order valence-electron chi connectivity index (χ4n) is 3.62. The largest absolute Gasteiger partial charge is 0.337 e. The molecule has 2 saturated heterocycles. The third-order valence-electron chi connectivity index (χ3n) is 5.07. The number of carbonyl (C=O) groups is 3. The van der Waals surface area contributed by atoms with E-state index >= 15 is 0 Å². The Kier molecular flexibility index (Phi) is 4.73. The number of piperidine rings is 1. The number of aromatic nitrogens is 2. The van der Waals surface area contributed by atoms with Gasteiger partial charge < -0.3 is 4.90 Å². The normalized spacial score (nSPS) is 18.4. The van der Waals surface area contributed by atoms with Gasteiger partial charge in [0.1, 0.15) is 5.69 Å². The summed E-state index contributed by atoms with van der Waals surface area (Å²) in [7, 11) is 1.77. The maximum Gasteiger partial charge on any atom is 0.289 e. The van der Waals surface area contributed by atoms with Crippen LogP contribution in [0.4, 0.5) is 4.79 Å². The zero-order valence-corrected chi connectivity index (χ0v) is 15.8. The quantitative estimate of drug-likeness (QED) is 0.812. The van der Waals surface area contributed by atoms with Crippen LogP contribution in [0.1, 0.15) is 23.3 Å². The number of hydrogen-bond acceptors (Lipinski definition) is 5. The molecule has 0 saturated carbocycles. The van der Waals surface area contributed by atoms with Crippen molar-refractivity contribution >= 4 is 28.8 Å². The lowest BCUT2D eigenvalue weighted by Crippen LogP contribution is -2.48. The van der Waals surface area contributed by atoms with Gasteiger partial charge >= 0.3 is 0 Å². The molecule has 2 aliphatic heterocycles. The molecule has 27 heavy (non-hydrogen) atoms. The number of aryl methyl sites for hydroxylation is 1. The highest BCUT2D eigenvalue weighted by Gasteiger charge is 2.38. The van der Waals surface area contributed by atoms with E-state index in [0.717, 1.165) is 23.0 Å². The number of hydrogen-bond donors (Lipinski definition) is 0. The van der Waals surface area contributed by atoms with Crippen LogP contribution in [0.2, 0.25) is 0 Å². The molecule has 1 aromatic heterocycles. The van der Waals surface area contributed by atoms with Gasteiger partial charge in [0.25, 0.3) is 11.1 Å². The molecular weight excluding hydrogens is 364 g/mol. The predicted octanol–water partition coefficient (Wildman–Crippen LogP) is 2.39. The van der Waals surface area contributed by atoms with Crippen LogP contribution in [-0.2, 0) is 11.8 Å². The number of imide groups is 1. The second kappa shape index (κ2) is 7.19. The van der Waals surface area contributed by atoms with Gasteiger partial charge in [-0.3, -0.25) is 24.0 Å². The smallest absolute Gasteiger partial charge is 0.289 e. The minimum Gasteiger partial charge on any atom is -0.337 e. The molecule has 0 unspecified atom stereocenters. The van der Waals surface area contributed by atoms with Crippen molar-refractivity contribution in [2.45, 2.75) is 18.9 Å². The van der Waals surface area contributed by atoms with Crippen LogP contribution < -0.4 is 0 Å². The Morgan fingerprint density at radius 3 is 2.48 bits per heavy atom. The van der Waals surface area contributed by atoms with Gasteiger partial charge in [-0.05, 0) is 18.9 Å². The highest BCUT2D eigenvalue weighted by atomic mass is 32.2. The highest BCUT2D eigenvalue weighted by Crippen LogP contribution is 2.27. The van der Waals surface area contributed by atoms with Crippen molar-refractivity contribution in [3.63, 3.8) is 0 Å². The van der Waals surface area contributed by atoms with E-state index in [9.17, 15) is 14.4 Å². The molecule has 4 rings (SSSR count). The van der Waals surface area contributed by atoms with E-state index < -0.39 is 0 Å². The number of thioether (sulfide) groups is 1. The minimum atomic E-state index is -0.163. The van der Waals surface area contributed by atoms with Gasteiger partial charge in [-0.15, -0.1) is 0 Å². The third kappa shape index (κ3) is 3.37. The zero-order valence-electron chi connectivity index (χ0n) is 15.0. The van der Waals surface area contributed by atoms with Gasteiger partial charge in [-0.2, -0.15) is 5.10 Å². The summed E-state index contributed by atoms with van der Waals surface area (Å²) in [6.45, 7) is 1.05. The van der Waals surface area contributed by atoms with Gasteiger partial charge in [0.05, 0.1) is 11.4 Å². The molecule has 0 aliphatic carbocycles. The van der Waals surface area contributed by atoms with E-state index in [0.29, 0.717) is 31.6 Å². The van der Waals surface area contributed by atoms with Crippen molar-refractivity contribution in [1.29, 1.82) is 0 Å². The van der Waals surface area contributed by atoms with Crippen LogP contribution >= 0.6 is 11.8 Å². The highest BCUT2D eigenvalue weighted by molar-refractivity contribution is 8.14. The van der Waals surface area contributed by atoms with Crippen molar-refractivity contribution in [1.82, 2.24) is 19.6 Å². The lowest BCUT2D eigenvalue weighted by Gasteiger charge is -2.35. The maximum atomic E-state index is 12.9.